The lowest BCUT2D eigenvalue weighted by Gasteiger charge is -2.32. The molecule has 3 aliphatic rings. The highest BCUT2D eigenvalue weighted by Crippen LogP contribution is 2.40. The highest BCUT2D eigenvalue weighted by Gasteiger charge is 2.45. The molecule has 0 unspecified atom stereocenters. The van der Waals surface area contributed by atoms with Crippen molar-refractivity contribution in [1.29, 1.82) is 0 Å². The van der Waals surface area contributed by atoms with Crippen molar-refractivity contribution in [1.82, 2.24) is 19.9 Å². The van der Waals surface area contributed by atoms with Gasteiger partial charge in [-0.3, -0.25) is 9.88 Å². The van der Waals surface area contributed by atoms with Crippen LogP contribution in [0.3, 0.4) is 0 Å². The summed E-state index contributed by atoms with van der Waals surface area (Å²) in [4.78, 5) is 18.8. The third-order valence-corrected chi connectivity index (χ3v) is 8.67. The number of morpholine rings is 1. The van der Waals surface area contributed by atoms with E-state index < -0.39 is 5.82 Å². The Morgan fingerprint density at radius 1 is 0.976 bits per heavy atom. The van der Waals surface area contributed by atoms with Gasteiger partial charge in [-0.15, -0.1) is 0 Å². The van der Waals surface area contributed by atoms with Gasteiger partial charge in [0.05, 0.1) is 24.1 Å². The topological polar surface area (TPSA) is 82.1 Å². The van der Waals surface area contributed by atoms with Gasteiger partial charge in [0.15, 0.2) is 12.6 Å². The Morgan fingerprint density at radius 2 is 1.78 bits per heavy atom. The maximum Gasteiger partial charge on any atom is 0.319 e. The van der Waals surface area contributed by atoms with Gasteiger partial charge < -0.3 is 23.8 Å². The van der Waals surface area contributed by atoms with Crippen molar-refractivity contribution in [2.24, 2.45) is 0 Å². The zero-order valence-electron chi connectivity index (χ0n) is 23.3. The molecular weight excluding hydrogens is 525 g/mol. The number of hydrogen-bond acceptors (Lipinski definition) is 9. The van der Waals surface area contributed by atoms with E-state index in [-0.39, 0.29) is 29.6 Å². The third-order valence-electron chi connectivity index (χ3n) is 8.67. The number of fused-ring (bicyclic) bond motifs is 3. The molecule has 5 heterocycles. The van der Waals surface area contributed by atoms with Crippen molar-refractivity contribution in [2.45, 2.75) is 31.2 Å². The van der Waals surface area contributed by atoms with Crippen molar-refractivity contribution in [3.63, 3.8) is 0 Å². The van der Waals surface area contributed by atoms with Crippen molar-refractivity contribution >= 4 is 27.5 Å². The largest absolute Gasteiger partial charge is 0.468 e. The van der Waals surface area contributed by atoms with Crippen LogP contribution >= 0.6 is 0 Å². The number of methoxy groups -OCH3 is 1. The molecule has 7 rings (SSSR count). The molecule has 2 aromatic heterocycles. The number of anilines is 1. The first kappa shape index (κ1) is 26.3. The first-order chi connectivity index (χ1) is 20.1. The summed E-state index contributed by atoms with van der Waals surface area (Å²) in [5.74, 6) is 0.680. The van der Waals surface area contributed by atoms with Crippen LogP contribution in [0.2, 0.25) is 0 Å². The number of hydrogen-bond donors (Lipinski definition) is 0. The fourth-order valence-electron chi connectivity index (χ4n) is 6.64. The van der Waals surface area contributed by atoms with Gasteiger partial charge in [0.1, 0.15) is 29.4 Å². The molecule has 0 N–H and O–H groups in total. The Bertz CT molecular complexity index is 1570. The molecule has 10 heteroatoms. The van der Waals surface area contributed by atoms with E-state index in [2.05, 4.69) is 19.8 Å². The Kier molecular flexibility index (Phi) is 7.06. The van der Waals surface area contributed by atoms with Gasteiger partial charge in [-0.05, 0) is 61.7 Å². The second-order valence-corrected chi connectivity index (χ2v) is 11.1. The van der Waals surface area contributed by atoms with Gasteiger partial charge in [0.25, 0.3) is 0 Å². The third kappa shape index (κ3) is 4.83. The van der Waals surface area contributed by atoms with E-state index in [0.29, 0.717) is 55.4 Å². The lowest BCUT2D eigenvalue weighted by molar-refractivity contribution is 0.0512. The number of halogens is 1. The van der Waals surface area contributed by atoms with Gasteiger partial charge in [-0.25, -0.2) is 4.39 Å². The van der Waals surface area contributed by atoms with Crippen LogP contribution < -0.4 is 14.4 Å². The summed E-state index contributed by atoms with van der Waals surface area (Å²) < 4.78 is 39.4. The maximum absolute atomic E-state index is 16.6. The molecule has 41 heavy (non-hydrogen) atoms. The molecule has 0 saturated carbocycles. The van der Waals surface area contributed by atoms with Gasteiger partial charge in [-0.2, -0.15) is 9.97 Å². The summed E-state index contributed by atoms with van der Waals surface area (Å²) in [6.07, 6.45) is 6.23. The van der Waals surface area contributed by atoms with Crippen LogP contribution in [0.1, 0.15) is 25.7 Å². The molecule has 0 bridgehead atoms. The molecule has 3 fully saturated rings. The average molecular weight is 560 g/mol. The van der Waals surface area contributed by atoms with Crippen LogP contribution in [0.5, 0.6) is 11.8 Å². The number of aromatic nitrogens is 3. The maximum atomic E-state index is 16.6. The van der Waals surface area contributed by atoms with Gasteiger partial charge >= 0.3 is 6.01 Å². The Morgan fingerprint density at radius 3 is 2.59 bits per heavy atom. The van der Waals surface area contributed by atoms with Gasteiger partial charge in [0, 0.05) is 32.0 Å². The molecule has 0 radical (unpaired) electrons. The van der Waals surface area contributed by atoms with Crippen LogP contribution in [0.25, 0.3) is 32.9 Å². The van der Waals surface area contributed by atoms with E-state index in [0.717, 1.165) is 36.7 Å². The quantitative estimate of drug-likeness (QED) is 0.283. The highest BCUT2D eigenvalue weighted by molar-refractivity contribution is 6.00. The molecular formula is C31H34FN5O4. The molecule has 3 aliphatic heterocycles. The van der Waals surface area contributed by atoms with E-state index in [1.54, 1.807) is 19.4 Å². The van der Waals surface area contributed by atoms with E-state index in [1.165, 1.54) is 12.8 Å². The second kappa shape index (κ2) is 11.0. The fraction of sp³-hybridized carbons (Fsp3) is 0.452. The zero-order chi connectivity index (χ0) is 27.8. The monoisotopic (exact) mass is 559 g/mol. The predicted molar refractivity (Wildman–Crippen MR) is 154 cm³/mol. The van der Waals surface area contributed by atoms with E-state index in [1.807, 2.05) is 30.3 Å². The molecule has 0 aliphatic carbocycles. The van der Waals surface area contributed by atoms with Crippen LogP contribution in [0, 0.1) is 5.82 Å². The minimum atomic E-state index is -0.514. The standard InChI is InChI=1S/C31H34FN5O4/c1-38-20-41-22-16-21-6-2-3-7-23(21)24(17-22)27-26(32)28-25(18-33-27)29(36-12-14-39-15-13-36)35-30(34-28)40-19-31-8-4-10-37(31)11-5-9-31/h2-3,6-7,16-18H,4-5,8-15,19-20H2,1H3. The van der Waals surface area contributed by atoms with Crippen LogP contribution in [0.15, 0.2) is 42.6 Å². The number of nitrogens with zero attached hydrogens (tertiary/aromatic N) is 5. The minimum absolute atomic E-state index is 0.0287. The first-order valence-corrected chi connectivity index (χ1v) is 14.4. The lowest BCUT2D eigenvalue weighted by atomic mass is 9.95. The Hall–Kier alpha value is -3.60. The first-order valence-electron chi connectivity index (χ1n) is 14.4. The average Bonchev–Trinajstić information content (AvgIpc) is 3.60. The Labute approximate surface area is 238 Å². The van der Waals surface area contributed by atoms with Gasteiger partial charge in [0.2, 0.25) is 0 Å². The molecule has 214 valence electrons. The number of benzene rings is 2. The zero-order valence-corrected chi connectivity index (χ0v) is 23.3. The normalized spacial score (nSPS) is 18.7. The van der Waals surface area contributed by atoms with E-state index in [4.69, 9.17) is 23.9 Å². The molecule has 3 saturated heterocycles. The molecule has 9 nitrogen and oxygen atoms in total. The molecule has 0 amide bonds. The summed E-state index contributed by atoms with van der Waals surface area (Å²) in [6, 6.07) is 11.7. The predicted octanol–water partition coefficient (Wildman–Crippen LogP) is 4.81. The van der Waals surface area contributed by atoms with E-state index in [9.17, 15) is 0 Å². The fourth-order valence-corrected chi connectivity index (χ4v) is 6.64. The minimum Gasteiger partial charge on any atom is -0.468 e. The van der Waals surface area contributed by atoms with E-state index >= 15 is 4.39 Å². The molecule has 0 atom stereocenters. The smallest absolute Gasteiger partial charge is 0.319 e. The van der Waals surface area contributed by atoms with Crippen molar-refractivity contribution in [3.05, 3.63) is 48.4 Å². The van der Waals surface area contributed by atoms with Crippen LogP contribution in [-0.4, -0.2) is 85.3 Å². The lowest BCUT2D eigenvalue weighted by Crippen LogP contribution is -2.43. The summed E-state index contributed by atoms with van der Waals surface area (Å²) in [7, 11) is 1.56. The molecule has 0 spiro atoms. The van der Waals surface area contributed by atoms with Crippen molar-refractivity contribution in [2.75, 3.05) is 64.8 Å². The van der Waals surface area contributed by atoms with Crippen LogP contribution in [-0.2, 0) is 9.47 Å². The SMILES string of the molecule is COCOc1cc(-c2ncc3c(N4CCOCC4)nc(OCC45CCCN4CCC5)nc3c2F)c2ccccc2c1. The number of rotatable bonds is 8. The van der Waals surface area contributed by atoms with Crippen molar-refractivity contribution < 1.29 is 23.3 Å². The van der Waals surface area contributed by atoms with Gasteiger partial charge in [-0.1, -0.05) is 24.3 Å². The summed E-state index contributed by atoms with van der Waals surface area (Å²) in [5.41, 5.74) is 1.04. The summed E-state index contributed by atoms with van der Waals surface area (Å²) in [5, 5.41) is 2.33. The Balaban J connectivity index is 1.34. The van der Waals surface area contributed by atoms with Crippen molar-refractivity contribution in [3.8, 4) is 23.0 Å². The molecule has 2 aromatic carbocycles. The molecule has 4 aromatic rings. The number of pyridine rings is 1. The van der Waals surface area contributed by atoms with Crippen LogP contribution in [0.4, 0.5) is 10.2 Å². The second-order valence-electron chi connectivity index (χ2n) is 11.1. The summed E-state index contributed by atoms with van der Waals surface area (Å²) >= 11 is 0. The number of ether oxygens (including phenoxy) is 4. The highest BCUT2D eigenvalue weighted by atomic mass is 19.1. The summed E-state index contributed by atoms with van der Waals surface area (Å²) in [6.45, 7) is 5.25.